The lowest BCUT2D eigenvalue weighted by molar-refractivity contribution is 0.476. The fraction of sp³-hybridized carbons (Fsp3) is 0.500. The van der Waals surface area contributed by atoms with Gasteiger partial charge in [0.2, 0.25) is 5.95 Å². The highest BCUT2D eigenvalue weighted by Gasteiger charge is 2.27. The van der Waals surface area contributed by atoms with Crippen molar-refractivity contribution in [1.82, 2.24) is 9.55 Å². The van der Waals surface area contributed by atoms with E-state index < -0.39 is 0 Å². The van der Waals surface area contributed by atoms with Gasteiger partial charge in [-0.1, -0.05) is 29.8 Å². The summed E-state index contributed by atoms with van der Waals surface area (Å²) in [6, 6.07) is 6.10. The molecular weight excluding hydrogens is 322 g/mol. The Kier molecular flexibility index (Phi) is 4.46. The van der Waals surface area contributed by atoms with Gasteiger partial charge in [0.05, 0.1) is 11.0 Å². The zero-order chi connectivity index (χ0) is 14.0. The normalized spacial score (nSPS) is 12.2. The van der Waals surface area contributed by atoms with Crippen LogP contribution in [0.2, 0.25) is 0 Å². The van der Waals surface area contributed by atoms with Crippen molar-refractivity contribution in [2.75, 3.05) is 12.0 Å². The molecule has 0 fully saturated rings. The molecular formula is C14H20BrN3S. The summed E-state index contributed by atoms with van der Waals surface area (Å²) in [7, 11) is 0. The summed E-state index contributed by atoms with van der Waals surface area (Å²) in [5.41, 5.74) is 8.17. The highest BCUT2D eigenvalue weighted by molar-refractivity contribution is 9.10. The minimum atomic E-state index is 0.226. The Morgan fingerprint density at radius 3 is 2.63 bits per heavy atom. The molecule has 104 valence electrons. The third-order valence-corrected chi connectivity index (χ3v) is 5.97. The fourth-order valence-corrected chi connectivity index (χ4v) is 3.58. The van der Waals surface area contributed by atoms with Gasteiger partial charge >= 0.3 is 0 Å². The average Bonchev–Trinajstić information content (AvgIpc) is 2.72. The van der Waals surface area contributed by atoms with Gasteiger partial charge < -0.3 is 10.3 Å². The predicted molar refractivity (Wildman–Crippen MR) is 88.7 cm³/mol. The highest BCUT2D eigenvalue weighted by Crippen LogP contribution is 2.34. The molecule has 0 aliphatic rings. The summed E-state index contributed by atoms with van der Waals surface area (Å²) in [5.74, 6) is 0.605. The molecule has 0 aliphatic carbocycles. The first kappa shape index (κ1) is 14.7. The lowest BCUT2D eigenvalue weighted by Gasteiger charge is -2.30. The van der Waals surface area contributed by atoms with Crippen molar-refractivity contribution < 1.29 is 0 Å². The van der Waals surface area contributed by atoms with Gasteiger partial charge in [-0.3, -0.25) is 0 Å². The number of anilines is 1. The first-order chi connectivity index (χ1) is 9.05. The molecule has 0 radical (unpaired) electrons. The van der Waals surface area contributed by atoms with Gasteiger partial charge in [-0.25, -0.2) is 4.98 Å². The van der Waals surface area contributed by atoms with Crippen molar-refractivity contribution in [1.29, 1.82) is 0 Å². The summed E-state index contributed by atoms with van der Waals surface area (Å²) >= 11 is 5.44. The molecule has 1 heterocycles. The van der Waals surface area contributed by atoms with Gasteiger partial charge in [-0.2, -0.15) is 11.8 Å². The maximum absolute atomic E-state index is 6.10. The largest absolute Gasteiger partial charge is 0.369 e. The summed E-state index contributed by atoms with van der Waals surface area (Å²) in [6.07, 6.45) is 4.42. The third-order valence-electron chi connectivity index (χ3n) is 3.91. The van der Waals surface area contributed by atoms with Crippen LogP contribution in [-0.2, 0) is 6.54 Å². The van der Waals surface area contributed by atoms with Crippen LogP contribution in [0.25, 0.3) is 11.0 Å². The molecule has 0 atom stereocenters. The standard InChI is InChI=1S/C14H20BrN3S/c1-4-14(5-2,19-3)9-18-12-8-10(15)6-7-11(12)17-13(18)16/h6-8H,4-5,9H2,1-3H3,(H2,16,17). The van der Waals surface area contributed by atoms with E-state index in [1.807, 2.05) is 23.9 Å². The number of rotatable bonds is 5. The van der Waals surface area contributed by atoms with Gasteiger partial charge in [0.1, 0.15) is 0 Å². The van der Waals surface area contributed by atoms with Crippen LogP contribution in [0, 0.1) is 0 Å². The van der Waals surface area contributed by atoms with Gasteiger partial charge in [0.15, 0.2) is 0 Å². The number of hydrogen-bond acceptors (Lipinski definition) is 3. The number of fused-ring (bicyclic) bond motifs is 1. The molecule has 0 bridgehead atoms. The van der Waals surface area contributed by atoms with Gasteiger partial charge in [-0.05, 0) is 37.3 Å². The molecule has 5 heteroatoms. The van der Waals surface area contributed by atoms with Gasteiger partial charge in [0, 0.05) is 15.8 Å². The second-order valence-corrected chi connectivity index (χ2v) is 6.97. The summed E-state index contributed by atoms with van der Waals surface area (Å²) in [5, 5.41) is 0. The van der Waals surface area contributed by atoms with E-state index in [0.717, 1.165) is 34.9 Å². The van der Waals surface area contributed by atoms with Crippen molar-refractivity contribution in [2.45, 2.75) is 38.0 Å². The molecule has 0 saturated carbocycles. The number of benzene rings is 1. The Labute approximate surface area is 127 Å². The summed E-state index contributed by atoms with van der Waals surface area (Å²) in [4.78, 5) is 4.45. The Hall–Kier alpha value is -0.680. The van der Waals surface area contributed by atoms with Crippen molar-refractivity contribution in [3.8, 4) is 0 Å². The van der Waals surface area contributed by atoms with E-state index in [-0.39, 0.29) is 4.75 Å². The highest BCUT2D eigenvalue weighted by atomic mass is 79.9. The van der Waals surface area contributed by atoms with Gasteiger partial charge in [0.25, 0.3) is 0 Å². The van der Waals surface area contributed by atoms with E-state index in [4.69, 9.17) is 5.73 Å². The van der Waals surface area contributed by atoms with E-state index in [2.05, 4.69) is 51.7 Å². The molecule has 0 spiro atoms. The quantitative estimate of drug-likeness (QED) is 0.881. The molecule has 0 amide bonds. The Morgan fingerprint density at radius 2 is 2.05 bits per heavy atom. The first-order valence-corrected chi connectivity index (χ1v) is 8.53. The number of aromatic nitrogens is 2. The molecule has 1 aromatic heterocycles. The number of halogens is 1. The van der Waals surface area contributed by atoms with Crippen LogP contribution >= 0.6 is 27.7 Å². The maximum Gasteiger partial charge on any atom is 0.201 e. The summed E-state index contributed by atoms with van der Waals surface area (Å²) in [6.45, 7) is 5.39. The Balaban J connectivity index is 2.50. The number of nitrogen functional groups attached to an aromatic ring is 1. The smallest absolute Gasteiger partial charge is 0.201 e. The number of nitrogens with zero attached hydrogens (tertiary/aromatic N) is 2. The monoisotopic (exact) mass is 341 g/mol. The van der Waals surface area contributed by atoms with Crippen LogP contribution in [0.15, 0.2) is 22.7 Å². The fourth-order valence-electron chi connectivity index (χ4n) is 2.40. The number of nitrogens with two attached hydrogens (primary N) is 1. The van der Waals surface area contributed by atoms with E-state index in [1.54, 1.807) is 0 Å². The van der Waals surface area contributed by atoms with Crippen LogP contribution in [0.5, 0.6) is 0 Å². The van der Waals surface area contributed by atoms with Crippen molar-refractivity contribution in [3.63, 3.8) is 0 Å². The number of imidazole rings is 1. The second kappa shape index (κ2) is 5.75. The molecule has 2 N–H and O–H groups in total. The zero-order valence-electron chi connectivity index (χ0n) is 11.6. The predicted octanol–water partition coefficient (Wildman–Crippen LogP) is 4.30. The average molecular weight is 342 g/mol. The van der Waals surface area contributed by atoms with E-state index >= 15 is 0 Å². The lowest BCUT2D eigenvalue weighted by Crippen LogP contribution is -2.29. The van der Waals surface area contributed by atoms with Crippen LogP contribution in [-0.4, -0.2) is 20.6 Å². The van der Waals surface area contributed by atoms with E-state index in [9.17, 15) is 0 Å². The number of thioether (sulfide) groups is 1. The molecule has 2 aromatic rings. The molecule has 19 heavy (non-hydrogen) atoms. The Morgan fingerprint density at radius 1 is 1.37 bits per heavy atom. The maximum atomic E-state index is 6.10. The van der Waals surface area contributed by atoms with Gasteiger partial charge in [-0.15, -0.1) is 0 Å². The van der Waals surface area contributed by atoms with Crippen molar-refractivity contribution in [2.24, 2.45) is 0 Å². The topological polar surface area (TPSA) is 43.8 Å². The number of hydrogen-bond donors (Lipinski definition) is 1. The molecule has 0 aliphatic heterocycles. The lowest BCUT2D eigenvalue weighted by atomic mass is 10.0. The Bertz CT molecular complexity index is 567. The van der Waals surface area contributed by atoms with E-state index in [0.29, 0.717) is 5.95 Å². The minimum absolute atomic E-state index is 0.226. The molecule has 1 aromatic carbocycles. The van der Waals surface area contributed by atoms with Crippen molar-refractivity contribution >= 4 is 44.7 Å². The van der Waals surface area contributed by atoms with Crippen LogP contribution in [0.1, 0.15) is 26.7 Å². The van der Waals surface area contributed by atoms with Crippen molar-refractivity contribution in [3.05, 3.63) is 22.7 Å². The second-order valence-electron chi connectivity index (χ2n) is 4.78. The van der Waals surface area contributed by atoms with Crippen LogP contribution in [0.4, 0.5) is 5.95 Å². The van der Waals surface area contributed by atoms with E-state index in [1.165, 1.54) is 0 Å². The van der Waals surface area contributed by atoms with Crippen LogP contribution in [0.3, 0.4) is 0 Å². The molecule has 0 unspecified atom stereocenters. The SMILES string of the molecule is CCC(CC)(Cn1c(N)nc2ccc(Br)cc21)SC. The van der Waals surface area contributed by atoms with Crippen LogP contribution < -0.4 is 5.73 Å². The minimum Gasteiger partial charge on any atom is -0.369 e. The zero-order valence-corrected chi connectivity index (χ0v) is 14.0. The molecule has 3 nitrogen and oxygen atoms in total. The first-order valence-electron chi connectivity index (χ1n) is 6.51. The summed E-state index contributed by atoms with van der Waals surface area (Å²) < 4.78 is 3.43. The molecule has 2 rings (SSSR count). The molecule has 0 saturated heterocycles. The third kappa shape index (κ3) is 2.77.